The second kappa shape index (κ2) is 4.47. The molecule has 3 aliphatic rings. The van der Waals surface area contributed by atoms with Crippen LogP contribution in [0.15, 0.2) is 0 Å². The molecule has 0 amide bonds. The van der Waals surface area contributed by atoms with Crippen molar-refractivity contribution in [2.24, 2.45) is 5.41 Å². The highest BCUT2D eigenvalue weighted by Gasteiger charge is 2.55. The van der Waals surface area contributed by atoms with Crippen LogP contribution < -0.4 is 0 Å². The van der Waals surface area contributed by atoms with Gasteiger partial charge in [0.05, 0.1) is 0 Å². The van der Waals surface area contributed by atoms with Gasteiger partial charge in [-0.05, 0) is 25.7 Å². The zero-order chi connectivity index (χ0) is 12.6. The Bertz CT molecular complexity index is 324. The van der Waals surface area contributed by atoms with E-state index in [1.54, 1.807) is 0 Å². The number of carboxylic acids is 1. The SMILES string of the molecule is O=C(O)C1(N2CC3(CCOCC3)C2)CCOCC1. The van der Waals surface area contributed by atoms with Gasteiger partial charge < -0.3 is 14.6 Å². The summed E-state index contributed by atoms with van der Waals surface area (Å²) in [5, 5.41) is 9.59. The Balaban J connectivity index is 1.69. The predicted octanol–water partition coefficient (Wildman–Crippen LogP) is 0.733. The second-order valence-corrected chi connectivity index (χ2v) is 5.92. The number of hydrogen-bond acceptors (Lipinski definition) is 4. The summed E-state index contributed by atoms with van der Waals surface area (Å²) >= 11 is 0. The average molecular weight is 255 g/mol. The quantitative estimate of drug-likeness (QED) is 0.788. The zero-order valence-electron chi connectivity index (χ0n) is 10.7. The lowest BCUT2D eigenvalue weighted by molar-refractivity contribution is -0.182. The Morgan fingerprint density at radius 3 is 1.94 bits per heavy atom. The van der Waals surface area contributed by atoms with Gasteiger partial charge in [-0.3, -0.25) is 9.69 Å². The third-order valence-corrected chi connectivity index (χ3v) is 4.93. The fourth-order valence-electron chi connectivity index (χ4n) is 3.56. The molecular formula is C13H21NO4. The summed E-state index contributed by atoms with van der Waals surface area (Å²) < 4.78 is 10.7. The molecule has 0 aromatic carbocycles. The molecule has 0 aliphatic carbocycles. The van der Waals surface area contributed by atoms with Crippen LogP contribution in [0.5, 0.6) is 0 Å². The molecule has 0 saturated carbocycles. The maximum Gasteiger partial charge on any atom is 0.324 e. The third-order valence-electron chi connectivity index (χ3n) is 4.93. The Morgan fingerprint density at radius 2 is 1.44 bits per heavy atom. The summed E-state index contributed by atoms with van der Waals surface area (Å²) in [7, 11) is 0. The highest BCUT2D eigenvalue weighted by Crippen LogP contribution is 2.45. The molecule has 3 heterocycles. The van der Waals surface area contributed by atoms with Crippen molar-refractivity contribution in [2.75, 3.05) is 39.5 Å². The summed E-state index contributed by atoms with van der Waals surface area (Å²) in [5.74, 6) is -0.673. The smallest absolute Gasteiger partial charge is 0.324 e. The molecule has 0 radical (unpaired) electrons. The lowest BCUT2D eigenvalue weighted by Gasteiger charge is -2.58. The van der Waals surface area contributed by atoms with Crippen LogP contribution in [0.1, 0.15) is 25.7 Å². The van der Waals surface area contributed by atoms with E-state index in [-0.39, 0.29) is 0 Å². The first-order valence-corrected chi connectivity index (χ1v) is 6.81. The van der Waals surface area contributed by atoms with Crippen LogP contribution in [0.3, 0.4) is 0 Å². The van der Waals surface area contributed by atoms with Gasteiger partial charge in [0.2, 0.25) is 0 Å². The van der Waals surface area contributed by atoms with Crippen molar-refractivity contribution >= 4 is 5.97 Å². The van der Waals surface area contributed by atoms with E-state index in [9.17, 15) is 9.90 Å². The number of carboxylic acid groups (broad SMARTS) is 1. The van der Waals surface area contributed by atoms with Gasteiger partial charge in [0, 0.05) is 44.9 Å². The van der Waals surface area contributed by atoms with E-state index in [4.69, 9.17) is 9.47 Å². The topological polar surface area (TPSA) is 59.0 Å². The Morgan fingerprint density at radius 1 is 0.944 bits per heavy atom. The van der Waals surface area contributed by atoms with Crippen LogP contribution in [0, 0.1) is 5.41 Å². The van der Waals surface area contributed by atoms with E-state index in [1.807, 2.05) is 0 Å². The molecule has 0 aromatic rings. The second-order valence-electron chi connectivity index (χ2n) is 5.92. The predicted molar refractivity (Wildman–Crippen MR) is 64.5 cm³/mol. The number of nitrogens with zero attached hydrogens (tertiary/aromatic N) is 1. The standard InChI is InChI=1S/C13H21NO4/c15-11(16)13(3-7-18-8-4-13)14-9-12(10-14)1-5-17-6-2-12/h1-10H2,(H,15,16). The molecule has 0 atom stereocenters. The fourth-order valence-corrected chi connectivity index (χ4v) is 3.56. The summed E-state index contributed by atoms with van der Waals surface area (Å²) in [5.41, 5.74) is -0.333. The molecule has 0 bridgehead atoms. The number of likely N-dealkylation sites (tertiary alicyclic amines) is 1. The molecule has 3 saturated heterocycles. The highest BCUT2D eigenvalue weighted by molar-refractivity contribution is 5.79. The Hall–Kier alpha value is -0.650. The van der Waals surface area contributed by atoms with E-state index < -0.39 is 11.5 Å². The third kappa shape index (κ3) is 1.85. The van der Waals surface area contributed by atoms with Gasteiger partial charge >= 0.3 is 5.97 Å². The Labute approximate surface area is 107 Å². The van der Waals surface area contributed by atoms with Gasteiger partial charge in [-0.15, -0.1) is 0 Å². The van der Waals surface area contributed by atoms with E-state index >= 15 is 0 Å². The largest absolute Gasteiger partial charge is 0.480 e. The van der Waals surface area contributed by atoms with Crippen LogP contribution in [0.4, 0.5) is 0 Å². The minimum absolute atomic E-state index is 0.332. The normalized spacial score (nSPS) is 30.9. The number of rotatable bonds is 2. The van der Waals surface area contributed by atoms with Gasteiger partial charge in [-0.25, -0.2) is 0 Å². The van der Waals surface area contributed by atoms with Crippen molar-refractivity contribution < 1.29 is 19.4 Å². The van der Waals surface area contributed by atoms with E-state index in [1.165, 1.54) is 0 Å². The average Bonchev–Trinajstić information content (AvgIpc) is 2.37. The van der Waals surface area contributed by atoms with Crippen molar-refractivity contribution in [3.05, 3.63) is 0 Å². The van der Waals surface area contributed by atoms with Crippen LogP contribution in [0.25, 0.3) is 0 Å². The number of carbonyl (C=O) groups is 1. The summed E-state index contributed by atoms with van der Waals surface area (Å²) in [6, 6.07) is 0. The van der Waals surface area contributed by atoms with Crippen LogP contribution in [-0.4, -0.2) is 61.0 Å². The zero-order valence-corrected chi connectivity index (χ0v) is 10.7. The Kier molecular flexibility index (Phi) is 3.08. The van der Waals surface area contributed by atoms with Gasteiger partial charge in [0.1, 0.15) is 5.54 Å². The minimum atomic E-state index is -0.673. The molecule has 3 fully saturated rings. The van der Waals surface area contributed by atoms with Gasteiger partial charge in [-0.2, -0.15) is 0 Å². The van der Waals surface area contributed by atoms with Gasteiger partial charge in [-0.1, -0.05) is 0 Å². The first-order valence-electron chi connectivity index (χ1n) is 6.81. The number of ether oxygens (including phenoxy) is 2. The van der Waals surface area contributed by atoms with Crippen molar-refractivity contribution in [1.82, 2.24) is 4.90 Å². The summed E-state index contributed by atoms with van der Waals surface area (Å²) in [4.78, 5) is 13.8. The molecule has 3 rings (SSSR count). The van der Waals surface area contributed by atoms with E-state index in [0.717, 1.165) is 39.1 Å². The first kappa shape index (κ1) is 12.4. The molecule has 3 aliphatic heterocycles. The first-order chi connectivity index (χ1) is 8.67. The maximum atomic E-state index is 11.7. The summed E-state index contributed by atoms with van der Waals surface area (Å²) in [6.45, 7) is 4.64. The minimum Gasteiger partial charge on any atom is -0.480 e. The van der Waals surface area contributed by atoms with Crippen LogP contribution in [0.2, 0.25) is 0 Å². The van der Waals surface area contributed by atoms with Crippen LogP contribution >= 0.6 is 0 Å². The lowest BCUT2D eigenvalue weighted by Crippen LogP contribution is -2.70. The van der Waals surface area contributed by atoms with Crippen molar-refractivity contribution in [3.63, 3.8) is 0 Å². The molecule has 0 unspecified atom stereocenters. The molecule has 1 spiro atoms. The monoisotopic (exact) mass is 255 g/mol. The van der Waals surface area contributed by atoms with E-state index in [2.05, 4.69) is 4.90 Å². The number of aliphatic carboxylic acids is 1. The molecule has 1 N–H and O–H groups in total. The van der Waals surface area contributed by atoms with Gasteiger partial charge in [0.15, 0.2) is 0 Å². The van der Waals surface area contributed by atoms with Crippen molar-refractivity contribution in [2.45, 2.75) is 31.2 Å². The van der Waals surface area contributed by atoms with Gasteiger partial charge in [0.25, 0.3) is 0 Å². The highest BCUT2D eigenvalue weighted by atomic mass is 16.5. The van der Waals surface area contributed by atoms with Crippen molar-refractivity contribution in [3.8, 4) is 0 Å². The van der Waals surface area contributed by atoms with Crippen LogP contribution in [-0.2, 0) is 14.3 Å². The molecular weight excluding hydrogens is 234 g/mol. The molecule has 18 heavy (non-hydrogen) atoms. The maximum absolute atomic E-state index is 11.7. The van der Waals surface area contributed by atoms with E-state index in [0.29, 0.717) is 31.5 Å². The lowest BCUT2D eigenvalue weighted by atomic mass is 9.69. The molecule has 5 nitrogen and oxygen atoms in total. The molecule has 102 valence electrons. The van der Waals surface area contributed by atoms with Crippen molar-refractivity contribution in [1.29, 1.82) is 0 Å². The molecule has 5 heteroatoms. The fraction of sp³-hybridized carbons (Fsp3) is 0.923. The number of hydrogen-bond donors (Lipinski definition) is 1. The summed E-state index contributed by atoms with van der Waals surface area (Å²) in [6.07, 6.45) is 3.40. The molecule has 0 aromatic heterocycles.